The zero-order valence-electron chi connectivity index (χ0n) is 8.99. The summed E-state index contributed by atoms with van der Waals surface area (Å²) in [6, 6.07) is 0.144. The molecule has 0 amide bonds. The number of hydrogen-bond acceptors (Lipinski definition) is 2. The highest BCUT2D eigenvalue weighted by Gasteiger charge is 2.56. The highest BCUT2D eigenvalue weighted by molar-refractivity contribution is 5.75. The molecule has 1 aliphatic carbocycles. The van der Waals surface area contributed by atoms with Crippen molar-refractivity contribution in [2.24, 2.45) is 5.41 Å². The van der Waals surface area contributed by atoms with Crippen LogP contribution in [0.25, 0.3) is 0 Å². The first-order chi connectivity index (χ1) is 6.57. The molecule has 1 spiro atoms. The second-order valence-corrected chi connectivity index (χ2v) is 5.04. The molecule has 1 saturated carbocycles. The molecule has 1 heterocycles. The Bertz CT molecular complexity index is 246. The zero-order valence-corrected chi connectivity index (χ0v) is 8.99. The Labute approximate surface area is 85.1 Å². The molecular formula is C11H19NO2. The molecule has 0 aromatic heterocycles. The van der Waals surface area contributed by atoms with Gasteiger partial charge in [0.2, 0.25) is 0 Å². The maximum absolute atomic E-state index is 11.3. The molecule has 1 N–H and O–H groups in total. The monoisotopic (exact) mass is 197 g/mol. The lowest BCUT2D eigenvalue weighted by Gasteiger charge is -2.41. The normalized spacial score (nSPS) is 30.9. The van der Waals surface area contributed by atoms with Gasteiger partial charge in [0, 0.05) is 6.04 Å². The Balaban J connectivity index is 2.20. The van der Waals surface area contributed by atoms with Crippen molar-refractivity contribution < 1.29 is 9.90 Å². The van der Waals surface area contributed by atoms with Crippen LogP contribution in [0.3, 0.4) is 0 Å². The molecule has 0 aromatic carbocycles. The third-order valence-electron chi connectivity index (χ3n) is 3.79. The van der Waals surface area contributed by atoms with Gasteiger partial charge in [0.05, 0.1) is 0 Å². The molecule has 0 aromatic rings. The Morgan fingerprint density at radius 2 is 2.07 bits per heavy atom. The van der Waals surface area contributed by atoms with E-state index >= 15 is 0 Å². The van der Waals surface area contributed by atoms with E-state index < -0.39 is 5.97 Å². The van der Waals surface area contributed by atoms with Gasteiger partial charge in [0.25, 0.3) is 0 Å². The third kappa shape index (κ3) is 1.44. The smallest absolute Gasteiger partial charge is 0.321 e. The molecule has 3 heteroatoms. The van der Waals surface area contributed by atoms with Gasteiger partial charge in [-0.15, -0.1) is 0 Å². The number of aliphatic carboxylic acids is 1. The molecule has 1 atom stereocenters. The number of rotatable bonds is 2. The first-order valence-electron chi connectivity index (χ1n) is 5.55. The fourth-order valence-corrected chi connectivity index (χ4v) is 2.88. The molecule has 80 valence electrons. The minimum Gasteiger partial charge on any atom is -0.480 e. The van der Waals surface area contributed by atoms with Gasteiger partial charge in [-0.25, -0.2) is 0 Å². The van der Waals surface area contributed by atoms with Crippen molar-refractivity contribution in [3.63, 3.8) is 0 Å². The molecule has 14 heavy (non-hydrogen) atoms. The predicted molar refractivity (Wildman–Crippen MR) is 54.2 cm³/mol. The van der Waals surface area contributed by atoms with Crippen molar-refractivity contribution in [3.05, 3.63) is 0 Å². The number of carboxylic acid groups (broad SMARTS) is 1. The molecule has 1 aliphatic heterocycles. The second kappa shape index (κ2) is 3.23. The minimum absolute atomic E-state index is 0.147. The van der Waals surface area contributed by atoms with Gasteiger partial charge in [0.1, 0.15) is 6.04 Å². The van der Waals surface area contributed by atoms with Crippen LogP contribution in [0.1, 0.15) is 39.5 Å². The van der Waals surface area contributed by atoms with Crippen LogP contribution in [0.2, 0.25) is 0 Å². The molecule has 1 saturated heterocycles. The zero-order chi connectivity index (χ0) is 10.3. The summed E-state index contributed by atoms with van der Waals surface area (Å²) in [4.78, 5) is 13.4. The van der Waals surface area contributed by atoms with Gasteiger partial charge >= 0.3 is 5.97 Å². The number of carboxylic acids is 1. The lowest BCUT2D eigenvalue weighted by Crippen LogP contribution is -2.53. The summed E-state index contributed by atoms with van der Waals surface area (Å²) >= 11 is 0. The summed E-state index contributed by atoms with van der Waals surface area (Å²) in [5.41, 5.74) is 0.147. The van der Waals surface area contributed by atoms with E-state index in [-0.39, 0.29) is 11.5 Å². The maximum atomic E-state index is 11.3. The molecule has 3 nitrogen and oxygen atoms in total. The SMILES string of the molecule is CC(C)N1CCCC2(CC2)[C@H]1C(=O)O. The summed E-state index contributed by atoms with van der Waals surface area (Å²) in [7, 11) is 0. The lowest BCUT2D eigenvalue weighted by molar-refractivity contribution is -0.149. The second-order valence-electron chi connectivity index (χ2n) is 5.04. The van der Waals surface area contributed by atoms with Crippen LogP contribution < -0.4 is 0 Å². The van der Waals surface area contributed by atoms with E-state index in [1.807, 2.05) is 0 Å². The van der Waals surface area contributed by atoms with Crippen molar-refractivity contribution in [1.82, 2.24) is 4.90 Å². The van der Waals surface area contributed by atoms with Gasteiger partial charge in [0.15, 0.2) is 0 Å². The van der Waals surface area contributed by atoms with E-state index in [0.29, 0.717) is 6.04 Å². The average Bonchev–Trinajstić information content (AvgIpc) is 2.84. The largest absolute Gasteiger partial charge is 0.480 e. The molecule has 0 bridgehead atoms. The Morgan fingerprint density at radius 3 is 2.50 bits per heavy atom. The summed E-state index contributed by atoms with van der Waals surface area (Å²) in [5.74, 6) is -0.615. The highest BCUT2D eigenvalue weighted by Crippen LogP contribution is 2.56. The van der Waals surface area contributed by atoms with Crippen molar-refractivity contribution >= 4 is 5.97 Å². The standard InChI is InChI=1S/C11H19NO2/c1-8(2)12-7-3-4-11(5-6-11)9(12)10(13)14/h8-9H,3-7H2,1-2H3,(H,13,14)/t9-/m1/s1. The molecule has 2 fully saturated rings. The first kappa shape index (κ1) is 9.97. The van der Waals surface area contributed by atoms with Crippen LogP contribution in [0.4, 0.5) is 0 Å². The number of nitrogens with zero attached hydrogens (tertiary/aromatic N) is 1. The number of carbonyl (C=O) groups is 1. The van der Waals surface area contributed by atoms with Crippen LogP contribution >= 0.6 is 0 Å². The molecular weight excluding hydrogens is 178 g/mol. The third-order valence-corrected chi connectivity index (χ3v) is 3.79. The highest BCUT2D eigenvalue weighted by atomic mass is 16.4. The van der Waals surface area contributed by atoms with Gasteiger partial charge in [-0.2, -0.15) is 0 Å². The average molecular weight is 197 g/mol. The Morgan fingerprint density at radius 1 is 1.43 bits per heavy atom. The fourth-order valence-electron chi connectivity index (χ4n) is 2.88. The van der Waals surface area contributed by atoms with Crippen molar-refractivity contribution in [2.75, 3.05) is 6.54 Å². The van der Waals surface area contributed by atoms with Gasteiger partial charge in [-0.05, 0) is 51.5 Å². The maximum Gasteiger partial charge on any atom is 0.321 e. The van der Waals surface area contributed by atoms with Crippen LogP contribution in [0, 0.1) is 5.41 Å². The quantitative estimate of drug-likeness (QED) is 0.732. The van der Waals surface area contributed by atoms with E-state index in [9.17, 15) is 9.90 Å². The number of hydrogen-bond donors (Lipinski definition) is 1. The Kier molecular flexibility index (Phi) is 2.30. The topological polar surface area (TPSA) is 40.5 Å². The van der Waals surface area contributed by atoms with E-state index in [1.165, 1.54) is 6.42 Å². The van der Waals surface area contributed by atoms with E-state index in [1.54, 1.807) is 0 Å². The van der Waals surface area contributed by atoms with Crippen LogP contribution in [-0.2, 0) is 4.79 Å². The van der Waals surface area contributed by atoms with E-state index in [2.05, 4.69) is 18.7 Å². The summed E-state index contributed by atoms with van der Waals surface area (Å²) in [6.07, 6.45) is 4.52. The van der Waals surface area contributed by atoms with E-state index in [0.717, 1.165) is 25.8 Å². The molecule has 2 aliphatic rings. The fraction of sp³-hybridized carbons (Fsp3) is 0.909. The van der Waals surface area contributed by atoms with Crippen molar-refractivity contribution in [2.45, 2.75) is 51.6 Å². The summed E-state index contributed by atoms with van der Waals surface area (Å²) < 4.78 is 0. The molecule has 2 rings (SSSR count). The number of piperidine rings is 1. The Hall–Kier alpha value is -0.570. The lowest BCUT2D eigenvalue weighted by atomic mass is 9.85. The van der Waals surface area contributed by atoms with Gasteiger partial charge in [-0.3, -0.25) is 9.69 Å². The van der Waals surface area contributed by atoms with Crippen LogP contribution in [0.15, 0.2) is 0 Å². The van der Waals surface area contributed by atoms with Gasteiger partial charge < -0.3 is 5.11 Å². The molecule has 0 unspecified atom stereocenters. The van der Waals surface area contributed by atoms with E-state index in [4.69, 9.17) is 0 Å². The van der Waals surface area contributed by atoms with Crippen LogP contribution in [-0.4, -0.2) is 34.6 Å². The van der Waals surface area contributed by atoms with Crippen molar-refractivity contribution in [3.8, 4) is 0 Å². The van der Waals surface area contributed by atoms with Crippen LogP contribution in [0.5, 0.6) is 0 Å². The van der Waals surface area contributed by atoms with Crippen molar-refractivity contribution in [1.29, 1.82) is 0 Å². The molecule has 0 radical (unpaired) electrons. The first-order valence-corrected chi connectivity index (χ1v) is 5.55. The predicted octanol–water partition coefficient (Wildman–Crippen LogP) is 1.72. The summed E-state index contributed by atoms with van der Waals surface area (Å²) in [5, 5.41) is 9.29. The van der Waals surface area contributed by atoms with Gasteiger partial charge in [-0.1, -0.05) is 0 Å². The summed E-state index contributed by atoms with van der Waals surface area (Å²) in [6.45, 7) is 5.14. The number of likely N-dealkylation sites (tertiary alicyclic amines) is 1. The minimum atomic E-state index is -0.615.